The van der Waals surface area contributed by atoms with Crippen molar-refractivity contribution in [2.24, 2.45) is 0 Å². The topological polar surface area (TPSA) is 66.5 Å². The first-order chi connectivity index (χ1) is 7.46. The molecule has 2 amide bonds. The summed E-state index contributed by atoms with van der Waals surface area (Å²) >= 11 is 1.57. The molecule has 1 atom stereocenters. The van der Waals surface area contributed by atoms with Gasteiger partial charge >= 0.3 is 6.03 Å². The Morgan fingerprint density at radius 1 is 1.56 bits per heavy atom. The van der Waals surface area contributed by atoms with Crippen molar-refractivity contribution in [3.05, 3.63) is 0 Å². The van der Waals surface area contributed by atoms with E-state index in [4.69, 9.17) is 0 Å². The van der Waals surface area contributed by atoms with E-state index in [-0.39, 0.29) is 6.03 Å². The summed E-state index contributed by atoms with van der Waals surface area (Å²) in [5.41, 5.74) is 0. The number of thioether (sulfide) groups is 1. The summed E-state index contributed by atoms with van der Waals surface area (Å²) in [6, 6.07) is -0.266. The molecule has 0 spiro atoms. The summed E-state index contributed by atoms with van der Waals surface area (Å²) in [5, 5.41) is 2.04. The van der Waals surface area contributed by atoms with Gasteiger partial charge in [-0.3, -0.25) is 0 Å². The Morgan fingerprint density at radius 3 is 2.81 bits per heavy atom. The van der Waals surface area contributed by atoms with Crippen LogP contribution in [0.1, 0.15) is 13.3 Å². The molecule has 5 nitrogen and oxygen atoms in total. The second kappa shape index (κ2) is 5.77. The van der Waals surface area contributed by atoms with Gasteiger partial charge in [0.05, 0.1) is 0 Å². The van der Waals surface area contributed by atoms with Gasteiger partial charge in [0.1, 0.15) is 5.37 Å². The average Bonchev–Trinajstić information content (AvgIpc) is 2.24. The number of carbonyl (C=O) groups is 1. The van der Waals surface area contributed by atoms with Crippen molar-refractivity contribution >= 4 is 27.6 Å². The first-order valence-electron chi connectivity index (χ1n) is 5.28. The number of nitrogens with zero attached hydrogens (tertiary/aromatic N) is 1. The molecular weight excluding hydrogens is 248 g/mol. The molecular formula is C9H18N2O3S2. The van der Waals surface area contributed by atoms with E-state index in [2.05, 4.69) is 5.32 Å². The number of amides is 2. The number of urea groups is 1. The second-order valence-electron chi connectivity index (χ2n) is 3.78. The Labute approximate surface area is 101 Å². The van der Waals surface area contributed by atoms with Crippen molar-refractivity contribution in [2.45, 2.75) is 18.7 Å². The zero-order valence-electron chi connectivity index (χ0n) is 9.60. The molecule has 1 unspecified atom stereocenters. The minimum atomic E-state index is -3.20. The highest BCUT2D eigenvalue weighted by atomic mass is 32.2. The minimum absolute atomic E-state index is 0.266. The van der Waals surface area contributed by atoms with E-state index in [1.807, 2.05) is 6.92 Å². The lowest BCUT2D eigenvalue weighted by atomic mass is 10.4. The molecule has 0 saturated carbocycles. The molecule has 0 aromatic rings. The Kier molecular flexibility index (Phi) is 4.91. The highest BCUT2D eigenvalue weighted by Crippen LogP contribution is 2.20. The molecule has 0 aliphatic carbocycles. The van der Waals surface area contributed by atoms with E-state index in [1.54, 1.807) is 11.8 Å². The van der Waals surface area contributed by atoms with E-state index < -0.39 is 15.2 Å². The van der Waals surface area contributed by atoms with Crippen LogP contribution < -0.4 is 5.32 Å². The molecule has 0 aromatic carbocycles. The SMILES string of the molecule is CCCNC(=O)N1CCSCC1S(C)(=O)=O. The van der Waals surface area contributed by atoms with Crippen molar-refractivity contribution in [1.82, 2.24) is 10.2 Å². The largest absolute Gasteiger partial charge is 0.338 e. The number of nitrogens with one attached hydrogen (secondary N) is 1. The quantitative estimate of drug-likeness (QED) is 0.809. The van der Waals surface area contributed by atoms with Gasteiger partial charge in [0.25, 0.3) is 0 Å². The van der Waals surface area contributed by atoms with Gasteiger partial charge in [-0.2, -0.15) is 11.8 Å². The van der Waals surface area contributed by atoms with Crippen LogP contribution in [0, 0.1) is 0 Å². The molecule has 1 aliphatic rings. The van der Waals surface area contributed by atoms with Crippen LogP contribution in [-0.2, 0) is 9.84 Å². The molecule has 1 saturated heterocycles. The van der Waals surface area contributed by atoms with Gasteiger partial charge in [-0.1, -0.05) is 6.92 Å². The van der Waals surface area contributed by atoms with Gasteiger partial charge in [-0.25, -0.2) is 13.2 Å². The van der Waals surface area contributed by atoms with Crippen LogP contribution in [0.2, 0.25) is 0 Å². The monoisotopic (exact) mass is 266 g/mol. The molecule has 1 aliphatic heterocycles. The van der Waals surface area contributed by atoms with Crippen LogP contribution in [0.25, 0.3) is 0 Å². The number of sulfone groups is 1. The third kappa shape index (κ3) is 3.55. The summed E-state index contributed by atoms with van der Waals surface area (Å²) in [4.78, 5) is 13.2. The van der Waals surface area contributed by atoms with Gasteiger partial charge in [0.15, 0.2) is 9.84 Å². The minimum Gasteiger partial charge on any atom is -0.338 e. The summed E-state index contributed by atoms with van der Waals surface area (Å²) in [7, 11) is -3.20. The van der Waals surface area contributed by atoms with Crippen molar-refractivity contribution in [3.63, 3.8) is 0 Å². The smallest absolute Gasteiger partial charge is 0.318 e. The fourth-order valence-electron chi connectivity index (χ4n) is 1.50. The third-order valence-electron chi connectivity index (χ3n) is 2.37. The highest BCUT2D eigenvalue weighted by molar-refractivity contribution is 8.00. The summed E-state index contributed by atoms with van der Waals surface area (Å²) in [5.74, 6) is 1.27. The second-order valence-corrected chi connectivity index (χ2v) is 7.14. The lowest BCUT2D eigenvalue weighted by Crippen LogP contribution is -2.53. The number of rotatable bonds is 3. The molecule has 1 N–H and O–H groups in total. The van der Waals surface area contributed by atoms with E-state index in [0.717, 1.165) is 12.2 Å². The Balaban J connectivity index is 2.71. The van der Waals surface area contributed by atoms with E-state index in [1.165, 1.54) is 11.2 Å². The number of hydrogen-bond acceptors (Lipinski definition) is 4. The standard InChI is InChI=1S/C9H18N2O3S2/c1-3-4-10-9(12)11-5-6-15-7-8(11)16(2,13)14/h8H,3-7H2,1-2H3,(H,10,12). The molecule has 1 rings (SSSR count). The fourth-order valence-corrected chi connectivity index (χ4v) is 4.32. The van der Waals surface area contributed by atoms with Crippen LogP contribution in [0.3, 0.4) is 0 Å². The maximum atomic E-state index is 11.8. The number of hydrogen-bond donors (Lipinski definition) is 1. The van der Waals surface area contributed by atoms with Crippen LogP contribution in [0.15, 0.2) is 0 Å². The summed E-state index contributed by atoms with van der Waals surface area (Å²) in [6.07, 6.45) is 2.03. The van der Waals surface area contributed by atoms with Crippen molar-refractivity contribution in [1.29, 1.82) is 0 Å². The van der Waals surface area contributed by atoms with E-state index in [9.17, 15) is 13.2 Å². The fraction of sp³-hybridized carbons (Fsp3) is 0.889. The first kappa shape index (κ1) is 13.6. The van der Waals surface area contributed by atoms with Crippen LogP contribution in [0.4, 0.5) is 4.79 Å². The van der Waals surface area contributed by atoms with E-state index in [0.29, 0.717) is 18.8 Å². The lowest BCUT2D eigenvalue weighted by molar-refractivity contribution is 0.196. The molecule has 0 radical (unpaired) electrons. The van der Waals surface area contributed by atoms with Gasteiger partial charge in [-0.05, 0) is 6.42 Å². The van der Waals surface area contributed by atoms with Gasteiger partial charge in [0, 0.05) is 30.9 Å². The maximum absolute atomic E-state index is 11.8. The maximum Gasteiger partial charge on any atom is 0.318 e. The first-order valence-corrected chi connectivity index (χ1v) is 8.38. The predicted molar refractivity (Wildman–Crippen MR) is 66.4 cm³/mol. The molecule has 94 valence electrons. The molecule has 0 aromatic heterocycles. The van der Waals surface area contributed by atoms with Crippen molar-refractivity contribution in [2.75, 3.05) is 30.9 Å². The number of carbonyl (C=O) groups excluding carboxylic acids is 1. The molecule has 1 fully saturated rings. The summed E-state index contributed by atoms with van der Waals surface area (Å²) < 4.78 is 23.1. The predicted octanol–water partition coefficient (Wildman–Crippen LogP) is 0.526. The van der Waals surface area contributed by atoms with Gasteiger partial charge < -0.3 is 10.2 Å². The Hall–Kier alpha value is -0.430. The molecule has 1 heterocycles. The van der Waals surface area contributed by atoms with Crippen molar-refractivity contribution < 1.29 is 13.2 Å². The average molecular weight is 266 g/mol. The lowest BCUT2D eigenvalue weighted by Gasteiger charge is -2.33. The Morgan fingerprint density at radius 2 is 2.25 bits per heavy atom. The highest BCUT2D eigenvalue weighted by Gasteiger charge is 2.33. The van der Waals surface area contributed by atoms with Crippen LogP contribution in [0.5, 0.6) is 0 Å². The zero-order valence-corrected chi connectivity index (χ0v) is 11.2. The van der Waals surface area contributed by atoms with E-state index >= 15 is 0 Å². The van der Waals surface area contributed by atoms with Gasteiger partial charge in [0.2, 0.25) is 0 Å². The summed E-state index contributed by atoms with van der Waals surface area (Å²) in [6.45, 7) is 3.04. The molecule has 16 heavy (non-hydrogen) atoms. The van der Waals surface area contributed by atoms with Crippen molar-refractivity contribution in [3.8, 4) is 0 Å². The van der Waals surface area contributed by atoms with Crippen LogP contribution >= 0.6 is 11.8 Å². The Bertz CT molecular complexity index is 343. The zero-order chi connectivity index (χ0) is 12.2. The van der Waals surface area contributed by atoms with Crippen LogP contribution in [-0.4, -0.2) is 55.6 Å². The molecule has 0 bridgehead atoms. The normalized spacial score (nSPS) is 21.9. The van der Waals surface area contributed by atoms with Gasteiger partial charge in [-0.15, -0.1) is 0 Å². The third-order valence-corrected chi connectivity index (χ3v) is 5.01. The molecule has 7 heteroatoms.